The van der Waals surface area contributed by atoms with Crippen molar-refractivity contribution in [2.24, 2.45) is 0 Å². The second-order valence-electron chi connectivity index (χ2n) is 0.934. The number of alkyl halides is 2. The Morgan fingerprint density at radius 2 is 2.33 bits per heavy atom. The third-order valence-corrected chi connectivity index (χ3v) is 0.900. The third kappa shape index (κ3) is 2.60. The molecule has 0 bridgehead atoms. The summed E-state index contributed by atoms with van der Waals surface area (Å²) in [6, 6.07) is 0. The number of hydrogen-bond donors (Lipinski definition) is 1. The van der Waals surface area contributed by atoms with Gasteiger partial charge in [-0.25, -0.2) is 4.39 Å². The minimum atomic E-state index is -0.503. The first-order valence-electron chi connectivity index (χ1n) is 1.62. The van der Waals surface area contributed by atoms with Crippen LogP contribution in [0.4, 0.5) is 4.39 Å². The predicted octanol–water partition coefficient (Wildman–Crippen LogP) is 0.712. The van der Waals surface area contributed by atoms with Gasteiger partial charge in [-0.1, -0.05) is 15.9 Å². The molecule has 0 saturated carbocycles. The molecule has 0 aromatic heterocycles. The molecule has 0 radical (unpaired) electrons. The third-order valence-electron chi connectivity index (χ3n) is 0.366. The van der Waals surface area contributed by atoms with Crippen molar-refractivity contribution in [2.45, 2.75) is 4.83 Å². The number of aliphatic hydroxyl groups is 1. The molecule has 0 aromatic rings. The fourth-order valence-corrected chi connectivity index (χ4v) is 0.0488. The van der Waals surface area contributed by atoms with Crippen LogP contribution in [-0.2, 0) is 0 Å². The molecule has 0 fully saturated rings. The van der Waals surface area contributed by atoms with Crippen LogP contribution in [0.1, 0.15) is 0 Å². The van der Waals surface area contributed by atoms with E-state index >= 15 is 0 Å². The summed E-state index contributed by atoms with van der Waals surface area (Å²) >= 11 is 2.85. The van der Waals surface area contributed by atoms with Crippen LogP contribution in [0.5, 0.6) is 0 Å². The van der Waals surface area contributed by atoms with Crippen molar-refractivity contribution in [2.75, 3.05) is 13.3 Å². The van der Waals surface area contributed by atoms with Crippen molar-refractivity contribution in [1.29, 1.82) is 0 Å². The summed E-state index contributed by atoms with van der Waals surface area (Å²) in [5.41, 5.74) is 0. The topological polar surface area (TPSA) is 20.2 Å². The molecule has 0 aliphatic heterocycles. The van der Waals surface area contributed by atoms with E-state index in [1.54, 1.807) is 0 Å². The zero-order chi connectivity index (χ0) is 4.99. The molecule has 0 heterocycles. The van der Waals surface area contributed by atoms with Gasteiger partial charge in [-0.3, -0.25) is 0 Å². The van der Waals surface area contributed by atoms with Gasteiger partial charge in [0.25, 0.3) is 0 Å². The molecule has 6 heavy (non-hydrogen) atoms. The van der Waals surface area contributed by atoms with Gasteiger partial charge in [0.2, 0.25) is 0 Å². The van der Waals surface area contributed by atoms with Gasteiger partial charge in [-0.15, -0.1) is 0 Å². The molecule has 1 atom stereocenters. The minimum absolute atomic E-state index is 0.128. The van der Waals surface area contributed by atoms with E-state index in [-0.39, 0.29) is 11.4 Å². The van der Waals surface area contributed by atoms with Crippen LogP contribution in [-0.4, -0.2) is 23.2 Å². The van der Waals surface area contributed by atoms with E-state index in [9.17, 15) is 4.39 Å². The Balaban J connectivity index is 2.75. The van der Waals surface area contributed by atoms with Gasteiger partial charge in [0, 0.05) is 0 Å². The van der Waals surface area contributed by atoms with Crippen molar-refractivity contribution in [3.63, 3.8) is 0 Å². The molecule has 0 aliphatic carbocycles. The smallest absolute Gasteiger partial charge is 0.104 e. The van der Waals surface area contributed by atoms with E-state index in [0.717, 1.165) is 0 Å². The van der Waals surface area contributed by atoms with Gasteiger partial charge in [0.15, 0.2) is 0 Å². The van der Waals surface area contributed by atoms with E-state index in [1.807, 2.05) is 0 Å². The van der Waals surface area contributed by atoms with Crippen molar-refractivity contribution in [3.05, 3.63) is 0 Å². The van der Waals surface area contributed by atoms with Crippen molar-refractivity contribution < 1.29 is 9.50 Å². The molecule has 0 rings (SSSR count). The molecule has 0 amide bonds. The van der Waals surface area contributed by atoms with Crippen molar-refractivity contribution in [1.82, 2.24) is 0 Å². The lowest BCUT2D eigenvalue weighted by Crippen LogP contribution is -2.04. The Morgan fingerprint density at radius 3 is 2.33 bits per heavy atom. The maximum atomic E-state index is 11.2. The van der Waals surface area contributed by atoms with Gasteiger partial charge < -0.3 is 5.11 Å². The van der Waals surface area contributed by atoms with Crippen LogP contribution < -0.4 is 0 Å². The molecular weight excluding hydrogens is 151 g/mol. The zero-order valence-electron chi connectivity index (χ0n) is 3.19. The predicted molar refractivity (Wildman–Crippen MR) is 25.8 cm³/mol. The highest BCUT2D eigenvalue weighted by molar-refractivity contribution is 9.09. The monoisotopic (exact) mass is 156 g/mol. The summed E-state index contributed by atoms with van der Waals surface area (Å²) in [6.07, 6.45) is 0. The average molecular weight is 157 g/mol. The summed E-state index contributed by atoms with van der Waals surface area (Å²) in [5.74, 6) is 0. The van der Waals surface area contributed by atoms with Gasteiger partial charge in [-0.2, -0.15) is 0 Å². The van der Waals surface area contributed by atoms with E-state index in [0.29, 0.717) is 0 Å². The molecule has 0 spiro atoms. The summed E-state index contributed by atoms with van der Waals surface area (Å²) in [5, 5.41) is 8.05. The van der Waals surface area contributed by atoms with Crippen LogP contribution in [0, 0.1) is 0 Å². The van der Waals surface area contributed by atoms with E-state index in [1.165, 1.54) is 0 Å². The van der Waals surface area contributed by atoms with E-state index in [2.05, 4.69) is 15.9 Å². The van der Waals surface area contributed by atoms with Crippen molar-refractivity contribution in [3.8, 4) is 0 Å². The normalized spacial score (nSPS) is 14.5. The largest absolute Gasteiger partial charge is 0.395 e. The summed E-state index contributed by atoms with van der Waals surface area (Å²) in [6.45, 7) is -0.632. The second-order valence-corrected chi connectivity index (χ2v) is 2.23. The molecular formula is C3H6BrFO. The molecule has 3 heteroatoms. The fraction of sp³-hybridized carbons (Fsp3) is 1.00. The van der Waals surface area contributed by atoms with Gasteiger partial charge in [-0.05, 0) is 0 Å². The first kappa shape index (κ1) is 6.37. The lowest BCUT2D eigenvalue weighted by atomic mass is 10.5. The lowest BCUT2D eigenvalue weighted by molar-refractivity contribution is 0.278. The highest BCUT2D eigenvalue weighted by atomic mass is 79.9. The number of rotatable bonds is 2. The van der Waals surface area contributed by atoms with Crippen LogP contribution in [0.2, 0.25) is 0 Å². The molecule has 1 N–H and O–H groups in total. The summed E-state index contributed by atoms with van der Waals surface area (Å²) < 4.78 is 11.2. The van der Waals surface area contributed by atoms with Gasteiger partial charge >= 0.3 is 0 Å². The molecule has 0 saturated heterocycles. The number of halogens is 2. The van der Waals surface area contributed by atoms with E-state index < -0.39 is 6.67 Å². The fourth-order valence-electron chi connectivity index (χ4n) is 0.0488. The first-order chi connectivity index (χ1) is 2.81. The Hall–Kier alpha value is 0.370. The van der Waals surface area contributed by atoms with Crippen LogP contribution in [0.25, 0.3) is 0 Å². The van der Waals surface area contributed by atoms with Crippen LogP contribution in [0.3, 0.4) is 0 Å². The number of aliphatic hydroxyl groups excluding tert-OH is 1. The number of hydrogen-bond acceptors (Lipinski definition) is 1. The highest BCUT2D eigenvalue weighted by Crippen LogP contribution is 1.95. The molecule has 1 nitrogen and oxygen atoms in total. The van der Waals surface area contributed by atoms with Gasteiger partial charge in [0.05, 0.1) is 11.4 Å². The Kier molecular flexibility index (Phi) is 3.78. The molecule has 1 unspecified atom stereocenters. The van der Waals surface area contributed by atoms with E-state index in [4.69, 9.17) is 5.11 Å². The first-order valence-corrected chi connectivity index (χ1v) is 2.53. The lowest BCUT2D eigenvalue weighted by Gasteiger charge is -1.92. The standard InChI is InChI=1S/C3H6BrFO/c4-3(1-5)2-6/h3,6H,1-2H2. The molecule has 38 valence electrons. The quantitative estimate of drug-likeness (QED) is 0.585. The molecule has 0 aromatic carbocycles. The Labute approximate surface area is 44.3 Å². The SMILES string of the molecule is OCC(Br)CF. The Morgan fingerprint density at radius 1 is 1.83 bits per heavy atom. The minimum Gasteiger partial charge on any atom is -0.395 e. The van der Waals surface area contributed by atoms with Crippen molar-refractivity contribution >= 4 is 15.9 Å². The maximum Gasteiger partial charge on any atom is 0.104 e. The molecule has 0 aliphatic rings. The van der Waals surface area contributed by atoms with Gasteiger partial charge in [0.1, 0.15) is 6.67 Å². The zero-order valence-corrected chi connectivity index (χ0v) is 4.78. The maximum absolute atomic E-state index is 11.2. The van der Waals surface area contributed by atoms with Crippen LogP contribution >= 0.6 is 15.9 Å². The highest BCUT2D eigenvalue weighted by Gasteiger charge is 1.96. The van der Waals surface area contributed by atoms with Crippen LogP contribution in [0.15, 0.2) is 0 Å². The Bertz CT molecular complexity index is 30.0. The summed E-state index contributed by atoms with van der Waals surface area (Å²) in [7, 11) is 0. The average Bonchev–Trinajstić information content (AvgIpc) is 1.65. The second kappa shape index (κ2) is 3.56. The summed E-state index contributed by atoms with van der Waals surface area (Å²) in [4.78, 5) is -0.363.